The van der Waals surface area contributed by atoms with Crippen LogP contribution in [0.1, 0.15) is 0 Å². The van der Waals surface area contributed by atoms with E-state index in [1.165, 1.54) is 7.11 Å². The summed E-state index contributed by atoms with van der Waals surface area (Å²) in [6, 6.07) is 1.96. The van der Waals surface area contributed by atoms with E-state index < -0.39 is 0 Å². The van der Waals surface area contributed by atoms with Gasteiger partial charge < -0.3 is 4.74 Å². The first-order valence-electron chi connectivity index (χ1n) is 1.93. The predicted octanol–water partition coefficient (Wildman–Crippen LogP) is 1.64. The highest BCUT2D eigenvalue weighted by atomic mass is 79.9. The average Bonchev–Trinajstić information content (AvgIpc) is 1.84. The van der Waals surface area contributed by atoms with E-state index >= 15 is 0 Å². The Morgan fingerprint density at radius 2 is 2.12 bits per heavy atom. The maximum atomic E-state index is 8.23. The number of halogens is 2. The molecule has 0 fully saturated rings. The molecule has 0 aliphatic carbocycles. The van der Waals surface area contributed by atoms with Crippen molar-refractivity contribution in [3.05, 3.63) is 0 Å². The molecule has 0 spiro atoms. The summed E-state index contributed by atoms with van der Waals surface area (Å²) in [5.74, 6) is 0. The van der Waals surface area contributed by atoms with Crippen molar-refractivity contribution in [1.29, 1.82) is 5.26 Å². The molecule has 0 aliphatic rings. The minimum atomic E-state index is -0.271. The second-order valence-electron chi connectivity index (χ2n) is 1.12. The Bertz CT molecular complexity index is 101. The van der Waals surface area contributed by atoms with E-state index in [4.69, 9.17) is 10.00 Å². The summed E-state index contributed by atoms with van der Waals surface area (Å²) in [5.41, 5.74) is 0. The Morgan fingerprint density at radius 3 is 2.25 bits per heavy atom. The summed E-state index contributed by atoms with van der Waals surface area (Å²) >= 11 is 6.18. The van der Waals surface area contributed by atoms with E-state index in [0.717, 1.165) is 0 Å². The summed E-state index contributed by atoms with van der Waals surface area (Å²) in [4.78, 5) is -0.271. The van der Waals surface area contributed by atoms with Crippen LogP contribution in [0.25, 0.3) is 0 Å². The van der Waals surface area contributed by atoms with Crippen molar-refractivity contribution < 1.29 is 4.74 Å². The van der Waals surface area contributed by atoms with Gasteiger partial charge in [0.15, 0.2) is 0 Å². The first kappa shape index (κ1) is 8.41. The van der Waals surface area contributed by atoms with Crippen molar-refractivity contribution in [3.63, 3.8) is 0 Å². The van der Waals surface area contributed by atoms with Crippen LogP contribution >= 0.6 is 31.9 Å². The monoisotopic (exact) mass is 241 g/mol. The molecule has 2 nitrogen and oxygen atoms in total. The van der Waals surface area contributed by atoms with Crippen LogP contribution in [-0.4, -0.2) is 17.0 Å². The zero-order valence-corrected chi connectivity index (χ0v) is 7.44. The van der Waals surface area contributed by atoms with Gasteiger partial charge in [0.25, 0.3) is 0 Å². The lowest BCUT2D eigenvalue weighted by Gasteiger charge is -2.05. The Hall–Kier alpha value is 0.410. The van der Waals surface area contributed by atoms with Crippen molar-refractivity contribution in [2.24, 2.45) is 0 Å². The molecular weight excluding hydrogens is 238 g/mol. The number of alkyl halides is 2. The van der Waals surface area contributed by atoms with Gasteiger partial charge in [-0.05, 0) is 0 Å². The standard InChI is InChI=1S/C4H5Br2NO/c1-8-4(6)3(5)2-7/h3-4H,1H3. The van der Waals surface area contributed by atoms with Gasteiger partial charge in [-0.2, -0.15) is 5.26 Å². The molecular formula is C4H5Br2NO. The van der Waals surface area contributed by atoms with Gasteiger partial charge in [-0.15, -0.1) is 0 Å². The lowest BCUT2D eigenvalue weighted by atomic mass is 10.5. The number of methoxy groups -OCH3 is 1. The molecule has 0 radical (unpaired) electrons. The highest BCUT2D eigenvalue weighted by Crippen LogP contribution is 2.12. The molecule has 46 valence electrons. The van der Waals surface area contributed by atoms with Crippen molar-refractivity contribution in [1.82, 2.24) is 0 Å². The predicted molar refractivity (Wildman–Crippen MR) is 38.1 cm³/mol. The fourth-order valence-corrected chi connectivity index (χ4v) is 0.512. The summed E-state index contributed by atoms with van der Waals surface area (Å²) in [6.45, 7) is 0. The van der Waals surface area contributed by atoms with E-state index in [1.54, 1.807) is 0 Å². The molecule has 0 aliphatic heterocycles. The lowest BCUT2D eigenvalue weighted by molar-refractivity contribution is 0.187. The normalized spacial score (nSPS) is 16.8. The molecule has 0 N–H and O–H groups in total. The van der Waals surface area contributed by atoms with E-state index in [0.29, 0.717) is 0 Å². The van der Waals surface area contributed by atoms with Crippen LogP contribution in [0.5, 0.6) is 0 Å². The number of ether oxygens (including phenoxy) is 1. The average molecular weight is 243 g/mol. The van der Waals surface area contributed by atoms with Crippen LogP contribution < -0.4 is 0 Å². The van der Waals surface area contributed by atoms with Crippen molar-refractivity contribution in [2.45, 2.75) is 9.84 Å². The van der Waals surface area contributed by atoms with E-state index in [9.17, 15) is 0 Å². The molecule has 0 amide bonds. The first-order valence-corrected chi connectivity index (χ1v) is 3.76. The zero-order valence-electron chi connectivity index (χ0n) is 4.27. The van der Waals surface area contributed by atoms with Crippen LogP contribution in [-0.2, 0) is 4.74 Å². The largest absolute Gasteiger partial charge is 0.368 e. The van der Waals surface area contributed by atoms with Crippen LogP contribution in [0.4, 0.5) is 0 Å². The second kappa shape index (κ2) is 4.30. The van der Waals surface area contributed by atoms with Gasteiger partial charge in [0.1, 0.15) is 9.84 Å². The number of hydrogen-bond donors (Lipinski definition) is 0. The van der Waals surface area contributed by atoms with Crippen molar-refractivity contribution in [3.8, 4) is 6.07 Å². The maximum absolute atomic E-state index is 8.23. The van der Waals surface area contributed by atoms with Crippen LogP contribution in [0.15, 0.2) is 0 Å². The quantitative estimate of drug-likeness (QED) is 0.690. The van der Waals surface area contributed by atoms with Crippen molar-refractivity contribution in [2.75, 3.05) is 7.11 Å². The highest BCUT2D eigenvalue weighted by Gasteiger charge is 2.12. The van der Waals surface area contributed by atoms with Gasteiger partial charge in [0.2, 0.25) is 0 Å². The molecule has 0 heterocycles. The zero-order chi connectivity index (χ0) is 6.57. The van der Waals surface area contributed by atoms with E-state index in [1.807, 2.05) is 6.07 Å². The summed E-state index contributed by atoms with van der Waals surface area (Å²) in [5, 5.41) is 8.01. The Morgan fingerprint density at radius 1 is 1.62 bits per heavy atom. The number of nitrogens with zero attached hydrogens (tertiary/aromatic N) is 1. The third-order valence-corrected chi connectivity index (χ3v) is 2.88. The number of hydrogen-bond acceptors (Lipinski definition) is 2. The fourth-order valence-electron chi connectivity index (χ4n) is 0.178. The second-order valence-corrected chi connectivity index (χ2v) is 3.01. The fraction of sp³-hybridized carbons (Fsp3) is 0.750. The van der Waals surface area contributed by atoms with Gasteiger partial charge in [-0.1, -0.05) is 31.9 Å². The highest BCUT2D eigenvalue weighted by molar-refractivity contribution is 9.12. The Kier molecular flexibility index (Phi) is 4.53. The van der Waals surface area contributed by atoms with Gasteiger partial charge >= 0.3 is 0 Å². The smallest absolute Gasteiger partial charge is 0.137 e. The molecule has 0 aromatic rings. The molecule has 0 bridgehead atoms. The number of rotatable bonds is 2. The molecule has 2 atom stereocenters. The SMILES string of the molecule is COC(Br)C(Br)C#N. The topological polar surface area (TPSA) is 33.0 Å². The van der Waals surface area contributed by atoms with Crippen LogP contribution in [0, 0.1) is 11.3 Å². The molecule has 0 saturated carbocycles. The van der Waals surface area contributed by atoms with Crippen LogP contribution in [0.3, 0.4) is 0 Å². The molecule has 0 saturated heterocycles. The Balaban J connectivity index is 3.49. The van der Waals surface area contributed by atoms with E-state index in [-0.39, 0.29) is 9.84 Å². The lowest BCUT2D eigenvalue weighted by Crippen LogP contribution is -2.12. The molecule has 4 heteroatoms. The van der Waals surface area contributed by atoms with Gasteiger partial charge in [0, 0.05) is 7.11 Å². The maximum Gasteiger partial charge on any atom is 0.137 e. The minimum Gasteiger partial charge on any atom is -0.368 e. The summed E-state index contributed by atoms with van der Waals surface area (Å²) in [7, 11) is 1.53. The van der Waals surface area contributed by atoms with E-state index in [2.05, 4.69) is 31.9 Å². The third-order valence-electron chi connectivity index (χ3n) is 0.579. The van der Waals surface area contributed by atoms with Crippen LogP contribution in [0.2, 0.25) is 0 Å². The molecule has 8 heavy (non-hydrogen) atoms. The molecule has 0 aromatic heterocycles. The number of nitriles is 1. The Labute approximate surface area is 65.1 Å². The van der Waals surface area contributed by atoms with Gasteiger partial charge in [0.05, 0.1) is 6.07 Å². The van der Waals surface area contributed by atoms with Gasteiger partial charge in [-0.25, -0.2) is 0 Å². The van der Waals surface area contributed by atoms with Gasteiger partial charge in [-0.3, -0.25) is 0 Å². The summed E-state index contributed by atoms with van der Waals surface area (Å²) < 4.78 is 4.75. The van der Waals surface area contributed by atoms with Crippen molar-refractivity contribution >= 4 is 31.9 Å². The molecule has 2 unspecified atom stereocenters. The molecule has 0 rings (SSSR count). The minimum absolute atomic E-state index is 0.215. The first-order chi connectivity index (χ1) is 3.72. The third kappa shape index (κ3) is 2.65. The molecule has 0 aromatic carbocycles. The summed E-state index contributed by atoms with van der Waals surface area (Å²) in [6.07, 6.45) is 0.